The predicted molar refractivity (Wildman–Crippen MR) is 77.6 cm³/mol. The molecule has 21 heavy (non-hydrogen) atoms. The first kappa shape index (κ1) is 13.5. The number of carboxylic acid groups (broad SMARTS) is 1. The van der Waals surface area contributed by atoms with E-state index in [0.29, 0.717) is 28.5 Å². The molecule has 0 bridgehead atoms. The van der Waals surface area contributed by atoms with E-state index in [4.69, 9.17) is 16.7 Å². The quantitative estimate of drug-likeness (QED) is 0.804. The molecule has 6 nitrogen and oxygen atoms in total. The van der Waals surface area contributed by atoms with Gasteiger partial charge in [0.25, 0.3) is 0 Å². The van der Waals surface area contributed by atoms with Crippen molar-refractivity contribution in [2.75, 3.05) is 0 Å². The topological polar surface area (TPSA) is 80.9 Å². The van der Waals surface area contributed by atoms with Gasteiger partial charge in [-0.05, 0) is 24.6 Å². The van der Waals surface area contributed by atoms with Crippen LogP contribution in [0.5, 0.6) is 0 Å². The first-order valence-electron chi connectivity index (χ1n) is 6.21. The monoisotopic (exact) mass is 302 g/mol. The largest absolute Gasteiger partial charge is 0.478 e. The third-order valence-electron chi connectivity index (χ3n) is 3.28. The highest BCUT2D eigenvalue weighted by molar-refractivity contribution is 6.31. The first-order chi connectivity index (χ1) is 10.1. The van der Waals surface area contributed by atoms with Crippen LogP contribution >= 0.6 is 11.6 Å². The molecule has 0 aliphatic rings. The van der Waals surface area contributed by atoms with Crippen LogP contribution in [-0.2, 0) is 6.54 Å². The van der Waals surface area contributed by atoms with Crippen molar-refractivity contribution in [1.82, 2.24) is 19.7 Å². The van der Waals surface area contributed by atoms with Crippen LogP contribution in [0.3, 0.4) is 0 Å². The van der Waals surface area contributed by atoms with E-state index < -0.39 is 5.97 Å². The van der Waals surface area contributed by atoms with Gasteiger partial charge >= 0.3 is 5.97 Å². The average molecular weight is 303 g/mol. The highest BCUT2D eigenvalue weighted by Gasteiger charge is 2.13. The number of aromatic nitrogens is 4. The van der Waals surface area contributed by atoms with Crippen LogP contribution in [0.4, 0.5) is 0 Å². The summed E-state index contributed by atoms with van der Waals surface area (Å²) in [6.45, 7) is 2.09. The van der Waals surface area contributed by atoms with Crippen LogP contribution in [0.1, 0.15) is 21.6 Å². The fourth-order valence-electron chi connectivity index (χ4n) is 2.17. The molecule has 0 spiro atoms. The molecule has 0 fully saturated rings. The molecule has 0 saturated heterocycles. The normalized spacial score (nSPS) is 11.0. The maximum atomic E-state index is 11.1. The molecule has 0 aliphatic heterocycles. The van der Waals surface area contributed by atoms with Crippen LogP contribution in [0, 0.1) is 6.92 Å². The molecule has 0 aromatic carbocycles. The maximum Gasteiger partial charge on any atom is 0.336 e. The molecule has 0 amide bonds. The van der Waals surface area contributed by atoms with E-state index in [1.54, 1.807) is 30.1 Å². The number of hydrogen-bond acceptors (Lipinski definition) is 4. The molecule has 0 atom stereocenters. The van der Waals surface area contributed by atoms with Gasteiger partial charge < -0.3 is 5.11 Å². The van der Waals surface area contributed by atoms with Crippen molar-refractivity contribution in [1.29, 1.82) is 0 Å². The third kappa shape index (κ3) is 2.45. The zero-order valence-electron chi connectivity index (χ0n) is 11.1. The number of carboxylic acids is 1. The molecule has 0 aliphatic carbocycles. The predicted octanol–water partition coefficient (Wildman–Crippen LogP) is 2.53. The van der Waals surface area contributed by atoms with Gasteiger partial charge in [0, 0.05) is 17.8 Å². The number of nitrogens with zero attached hydrogens (tertiary/aromatic N) is 4. The van der Waals surface area contributed by atoms with Crippen molar-refractivity contribution in [3.8, 4) is 0 Å². The highest BCUT2D eigenvalue weighted by atomic mass is 35.5. The number of rotatable bonds is 3. The number of fused-ring (bicyclic) bond motifs is 1. The Bertz CT molecular complexity index is 844. The van der Waals surface area contributed by atoms with E-state index in [1.807, 2.05) is 0 Å². The van der Waals surface area contributed by atoms with Gasteiger partial charge in [-0.25, -0.2) is 14.5 Å². The highest BCUT2D eigenvalue weighted by Crippen LogP contribution is 2.18. The third-order valence-corrected chi connectivity index (χ3v) is 3.49. The lowest BCUT2D eigenvalue weighted by Gasteiger charge is -2.08. The van der Waals surface area contributed by atoms with Gasteiger partial charge in [-0.1, -0.05) is 11.6 Å². The van der Waals surface area contributed by atoms with Crippen molar-refractivity contribution in [2.45, 2.75) is 13.5 Å². The summed E-state index contributed by atoms with van der Waals surface area (Å²) in [5.41, 5.74) is 2.20. The van der Waals surface area contributed by atoms with Crippen molar-refractivity contribution in [3.05, 3.63) is 52.6 Å². The number of pyridine rings is 2. The van der Waals surface area contributed by atoms with Gasteiger partial charge in [0.15, 0.2) is 5.65 Å². The second-order valence-electron chi connectivity index (χ2n) is 4.60. The minimum atomic E-state index is -0.966. The van der Waals surface area contributed by atoms with Gasteiger partial charge in [-0.2, -0.15) is 5.10 Å². The first-order valence-corrected chi connectivity index (χ1v) is 6.59. The summed E-state index contributed by atoms with van der Waals surface area (Å²) in [7, 11) is 0. The molecular weight excluding hydrogens is 292 g/mol. The molecule has 1 N–H and O–H groups in total. The Labute approximate surface area is 125 Å². The lowest BCUT2D eigenvalue weighted by atomic mass is 10.1. The second kappa shape index (κ2) is 5.14. The van der Waals surface area contributed by atoms with Crippen LogP contribution in [-0.4, -0.2) is 30.8 Å². The van der Waals surface area contributed by atoms with Crippen molar-refractivity contribution in [3.63, 3.8) is 0 Å². The van der Waals surface area contributed by atoms with Gasteiger partial charge in [0.1, 0.15) is 0 Å². The average Bonchev–Trinajstić information content (AvgIpc) is 2.83. The molecule has 3 aromatic rings. The van der Waals surface area contributed by atoms with E-state index >= 15 is 0 Å². The molecule has 0 unspecified atom stereocenters. The Balaban J connectivity index is 2.03. The Morgan fingerprint density at radius 2 is 2.19 bits per heavy atom. The fourth-order valence-corrected chi connectivity index (χ4v) is 2.34. The molecule has 106 valence electrons. The summed E-state index contributed by atoms with van der Waals surface area (Å²) in [4.78, 5) is 19.6. The summed E-state index contributed by atoms with van der Waals surface area (Å²) in [6.07, 6.45) is 4.71. The maximum absolute atomic E-state index is 11.1. The van der Waals surface area contributed by atoms with E-state index in [1.165, 1.54) is 12.3 Å². The fraction of sp³-hybridized carbons (Fsp3) is 0.143. The zero-order valence-corrected chi connectivity index (χ0v) is 11.9. The number of halogens is 1. The number of hydrogen-bond donors (Lipinski definition) is 1. The Morgan fingerprint density at radius 1 is 1.38 bits per heavy atom. The molecule has 3 rings (SSSR count). The Kier molecular flexibility index (Phi) is 3.31. The molecular formula is C14H11ClN4O2. The number of carbonyl (C=O) groups is 1. The van der Waals surface area contributed by atoms with Crippen LogP contribution in [0.25, 0.3) is 11.0 Å². The summed E-state index contributed by atoms with van der Waals surface area (Å²) < 4.78 is 1.67. The summed E-state index contributed by atoms with van der Waals surface area (Å²) in [5, 5.41) is 14.8. The van der Waals surface area contributed by atoms with E-state index in [9.17, 15) is 4.79 Å². The van der Waals surface area contributed by atoms with Gasteiger partial charge in [0.2, 0.25) is 0 Å². The molecule has 0 saturated carbocycles. The summed E-state index contributed by atoms with van der Waals surface area (Å²) >= 11 is 5.89. The van der Waals surface area contributed by atoms with E-state index in [0.717, 1.165) is 5.39 Å². The molecule has 3 heterocycles. The molecule has 7 heteroatoms. The van der Waals surface area contributed by atoms with Crippen LogP contribution in [0.2, 0.25) is 5.02 Å². The number of aromatic carboxylic acids is 1. The smallest absolute Gasteiger partial charge is 0.336 e. The summed E-state index contributed by atoms with van der Waals surface area (Å²) in [5.74, 6) is -0.966. The molecule has 0 radical (unpaired) electrons. The minimum Gasteiger partial charge on any atom is -0.478 e. The standard InChI is InChI=1S/C14H11ClN4O2/c1-8-11(14(20)21)2-3-16-12(8)7-19-13-9(5-18-19)4-10(15)6-17-13/h2-6H,7H2,1H3,(H,20,21). The van der Waals surface area contributed by atoms with Gasteiger partial charge in [-0.15, -0.1) is 0 Å². The SMILES string of the molecule is Cc1c(C(=O)O)ccnc1Cn1ncc2cc(Cl)cnc21. The Hall–Kier alpha value is -2.47. The van der Waals surface area contributed by atoms with E-state index in [2.05, 4.69) is 15.1 Å². The van der Waals surface area contributed by atoms with Gasteiger partial charge in [-0.3, -0.25) is 4.98 Å². The molecule has 3 aromatic heterocycles. The summed E-state index contributed by atoms with van der Waals surface area (Å²) in [6, 6.07) is 3.27. The Morgan fingerprint density at radius 3 is 2.95 bits per heavy atom. The lowest BCUT2D eigenvalue weighted by Crippen LogP contribution is -2.09. The van der Waals surface area contributed by atoms with Crippen LogP contribution in [0.15, 0.2) is 30.7 Å². The van der Waals surface area contributed by atoms with Gasteiger partial charge in [0.05, 0.1) is 29.0 Å². The van der Waals surface area contributed by atoms with Crippen molar-refractivity contribution >= 4 is 28.6 Å². The van der Waals surface area contributed by atoms with Crippen LogP contribution < -0.4 is 0 Å². The lowest BCUT2D eigenvalue weighted by molar-refractivity contribution is 0.0695. The minimum absolute atomic E-state index is 0.243. The second-order valence-corrected chi connectivity index (χ2v) is 5.04. The van der Waals surface area contributed by atoms with Crippen molar-refractivity contribution in [2.24, 2.45) is 0 Å². The van der Waals surface area contributed by atoms with Crippen molar-refractivity contribution < 1.29 is 9.90 Å². The van der Waals surface area contributed by atoms with E-state index in [-0.39, 0.29) is 5.56 Å². The zero-order chi connectivity index (χ0) is 15.0.